The van der Waals surface area contributed by atoms with Gasteiger partial charge in [-0.1, -0.05) is 6.07 Å². The van der Waals surface area contributed by atoms with E-state index in [1.807, 2.05) is 6.07 Å². The van der Waals surface area contributed by atoms with E-state index in [2.05, 4.69) is 4.90 Å². The van der Waals surface area contributed by atoms with Crippen molar-refractivity contribution in [1.82, 2.24) is 9.80 Å². The van der Waals surface area contributed by atoms with Crippen LogP contribution in [0.25, 0.3) is 0 Å². The van der Waals surface area contributed by atoms with Crippen molar-refractivity contribution < 1.29 is 24.0 Å². The Balaban J connectivity index is 2.29. The maximum atomic E-state index is 12.9. The van der Waals surface area contributed by atoms with Crippen LogP contribution < -0.4 is 0 Å². The van der Waals surface area contributed by atoms with E-state index in [1.165, 1.54) is 0 Å². The largest absolute Gasteiger partial charge is 0.303 e. The molecule has 1 aliphatic heterocycles. The minimum Gasteiger partial charge on any atom is -0.303 e. The van der Waals surface area contributed by atoms with Gasteiger partial charge in [0.2, 0.25) is 6.41 Å². The second kappa shape index (κ2) is 9.87. The number of fused-ring (bicyclic) bond motifs is 1. The van der Waals surface area contributed by atoms with Crippen molar-refractivity contribution in [3.05, 3.63) is 34.4 Å². The van der Waals surface area contributed by atoms with Crippen molar-refractivity contribution in [2.24, 2.45) is 0 Å². The van der Waals surface area contributed by atoms with Crippen LogP contribution in [0, 0.1) is 6.92 Å². The number of benzene rings is 1. The summed E-state index contributed by atoms with van der Waals surface area (Å²) in [6, 6.07) is 2.77. The second-order valence-electron chi connectivity index (χ2n) is 6.67. The van der Waals surface area contributed by atoms with E-state index < -0.39 is 11.9 Å². The highest BCUT2D eigenvalue weighted by atomic mass is 16.2. The Labute approximate surface area is 158 Å². The van der Waals surface area contributed by atoms with Crippen molar-refractivity contribution in [3.8, 4) is 0 Å². The molecule has 0 bridgehead atoms. The lowest BCUT2D eigenvalue weighted by atomic mass is 9.95. The number of nitrogens with zero attached hydrogens (tertiary/aromatic N) is 2. The number of carbonyl (C=O) groups excluding carboxylic acids is 5. The lowest BCUT2D eigenvalue weighted by molar-refractivity contribution is -0.123. The molecule has 1 heterocycles. The highest BCUT2D eigenvalue weighted by Crippen LogP contribution is 2.23. The van der Waals surface area contributed by atoms with E-state index in [-0.39, 0.29) is 12.8 Å². The first-order valence-corrected chi connectivity index (χ1v) is 9.01. The van der Waals surface area contributed by atoms with Gasteiger partial charge in [0.25, 0.3) is 5.91 Å². The molecule has 1 aliphatic rings. The number of rotatable bonds is 9. The molecular weight excluding hydrogens is 348 g/mol. The van der Waals surface area contributed by atoms with Gasteiger partial charge in [0.1, 0.15) is 18.9 Å². The normalized spacial score (nSPS) is 15.1. The average Bonchev–Trinajstić information content (AvgIpc) is 2.86. The summed E-state index contributed by atoms with van der Waals surface area (Å²) in [7, 11) is 0. The van der Waals surface area contributed by atoms with Crippen LogP contribution in [0.4, 0.5) is 0 Å². The predicted molar refractivity (Wildman–Crippen MR) is 98.5 cm³/mol. The molecular formula is C20H24N2O5. The first-order chi connectivity index (χ1) is 13.0. The maximum absolute atomic E-state index is 12.9. The van der Waals surface area contributed by atoms with Gasteiger partial charge < -0.3 is 14.4 Å². The lowest BCUT2D eigenvalue weighted by Gasteiger charge is -2.23. The summed E-state index contributed by atoms with van der Waals surface area (Å²) < 4.78 is 0. The van der Waals surface area contributed by atoms with Crippen LogP contribution in [0.5, 0.6) is 0 Å². The number of aryl methyl sites for hydroxylation is 1. The van der Waals surface area contributed by atoms with Gasteiger partial charge >= 0.3 is 0 Å². The number of amides is 2. The third-order valence-electron chi connectivity index (χ3n) is 4.95. The van der Waals surface area contributed by atoms with Gasteiger partial charge in [-0.15, -0.1) is 0 Å². The highest BCUT2D eigenvalue weighted by Gasteiger charge is 2.26. The fourth-order valence-corrected chi connectivity index (χ4v) is 3.39. The van der Waals surface area contributed by atoms with E-state index in [4.69, 9.17) is 0 Å². The molecule has 0 spiro atoms. The first-order valence-electron chi connectivity index (χ1n) is 9.01. The summed E-state index contributed by atoms with van der Waals surface area (Å²) in [6.07, 6.45) is 4.10. The Bertz CT molecular complexity index is 731. The van der Waals surface area contributed by atoms with Crippen LogP contribution in [-0.2, 0) is 32.0 Å². The molecule has 7 nitrogen and oxygen atoms in total. The van der Waals surface area contributed by atoms with Gasteiger partial charge in [0.05, 0.1) is 12.6 Å². The Kier molecular flexibility index (Phi) is 7.55. The SMILES string of the molecule is Cc1cc2c(cc1C(=O)N(C=O)C(C=O)CCC=O)CCN(CC=O)CC2. The van der Waals surface area contributed by atoms with Crippen LogP contribution in [0.2, 0.25) is 0 Å². The van der Waals surface area contributed by atoms with Crippen molar-refractivity contribution in [2.75, 3.05) is 19.6 Å². The zero-order valence-electron chi connectivity index (χ0n) is 15.4. The van der Waals surface area contributed by atoms with Crippen LogP contribution in [0.3, 0.4) is 0 Å². The summed E-state index contributed by atoms with van der Waals surface area (Å²) in [5, 5.41) is 0. The third kappa shape index (κ3) is 4.95. The topological polar surface area (TPSA) is 91.8 Å². The van der Waals surface area contributed by atoms with Gasteiger partial charge in [-0.05, 0) is 48.9 Å². The van der Waals surface area contributed by atoms with Gasteiger partial charge in [0, 0.05) is 25.1 Å². The number of carbonyl (C=O) groups is 5. The van der Waals surface area contributed by atoms with E-state index in [9.17, 15) is 24.0 Å². The van der Waals surface area contributed by atoms with E-state index in [0.717, 1.165) is 47.4 Å². The van der Waals surface area contributed by atoms with Gasteiger partial charge in [-0.3, -0.25) is 19.4 Å². The number of aldehydes is 3. The fourth-order valence-electron chi connectivity index (χ4n) is 3.39. The van der Waals surface area contributed by atoms with Crippen LogP contribution in [-0.4, -0.2) is 66.7 Å². The monoisotopic (exact) mass is 372 g/mol. The maximum Gasteiger partial charge on any atom is 0.261 e. The summed E-state index contributed by atoms with van der Waals surface area (Å²) >= 11 is 0. The molecule has 1 aromatic carbocycles. The minimum atomic E-state index is -0.957. The van der Waals surface area contributed by atoms with Crippen molar-refractivity contribution >= 4 is 31.2 Å². The molecule has 144 valence electrons. The zero-order valence-corrected chi connectivity index (χ0v) is 15.4. The molecule has 1 aromatic rings. The van der Waals surface area contributed by atoms with Crippen LogP contribution >= 0.6 is 0 Å². The third-order valence-corrected chi connectivity index (χ3v) is 4.95. The average molecular weight is 372 g/mol. The Hall–Kier alpha value is -2.67. The molecule has 2 amide bonds. The predicted octanol–water partition coefficient (Wildman–Crippen LogP) is 0.740. The summed E-state index contributed by atoms with van der Waals surface area (Å²) in [5.41, 5.74) is 3.25. The summed E-state index contributed by atoms with van der Waals surface area (Å²) in [6.45, 7) is 3.68. The molecule has 0 aliphatic carbocycles. The summed E-state index contributed by atoms with van der Waals surface area (Å²) in [5.74, 6) is -0.540. The number of hydrogen-bond acceptors (Lipinski definition) is 6. The van der Waals surface area contributed by atoms with Gasteiger partial charge in [0.15, 0.2) is 0 Å². The van der Waals surface area contributed by atoms with E-state index in [1.54, 1.807) is 13.0 Å². The number of hydrogen-bond donors (Lipinski definition) is 0. The van der Waals surface area contributed by atoms with Crippen LogP contribution in [0.15, 0.2) is 12.1 Å². The van der Waals surface area contributed by atoms with Crippen molar-refractivity contribution in [2.45, 2.75) is 38.6 Å². The van der Waals surface area contributed by atoms with Gasteiger partial charge in [-0.25, -0.2) is 0 Å². The molecule has 0 saturated heterocycles. The molecule has 0 saturated carbocycles. The molecule has 2 rings (SSSR count). The van der Waals surface area contributed by atoms with E-state index >= 15 is 0 Å². The molecule has 0 N–H and O–H groups in total. The minimum absolute atomic E-state index is 0.0940. The first kappa shape index (κ1) is 20.6. The molecule has 0 aromatic heterocycles. The molecule has 1 unspecified atom stereocenters. The van der Waals surface area contributed by atoms with Crippen LogP contribution in [0.1, 0.15) is 39.9 Å². The van der Waals surface area contributed by atoms with E-state index in [0.29, 0.717) is 37.5 Å². The molecule has 1 atom stereocenters. The molecule has 0 fully saturated rings. The lowest BCUT2D eigenvalue weighted by Crippen LogP contribution is -2.40. The second-order valence-corrected chi connectivity index (χ2v) is 6.67. The smallest absolute Gasteiger partial charge is 0.261 e. The van der Waals surface area contributed by atoms with Crippen molar-refractivity contribution in [3.63, 3.8) is 0 Å². The highest BCUT2D eigenvalue weighted by molar-refractivity contribution is 6.02. The quantitative estimate of drug-likeness (QED) is 0.594. The molecule has 7 heteroatoms. The van der Waals surface area contributed by atoms with Gasteiger partial charge in [-0.2, -0.15) is 0 Å². The fraction of sp³-hybridized carbons (Fsp3) is 0.450. The molecule has 27 heavy (non-hydrogen) atoms. The Morgan fingerprint density at radius 1 is 1.11 bits per heavy atom. The Morgan fingerprint density at radius 2 is 1.78 bits per heavy atom. The standard InChI is InChI=1S/C20H24N2O5/c1-15-11-16-4-6-21(8-10-24)7-5-17(16)12-19(15)20(27)22(14-26)18(13-25)3-2-9-23/h9-14,18H,2-8H2,1H3. The summed E-state index contributed by atoms with van der Waals surface area (Å²) in [4.78, 5) is 59.9. The zero-order chi connectivity index (χ0) is 19.8. The van der Waals surface area contributed by atoms with Crippen molar-refractivity contribution in [1.29, 1.82) is 0 Å². The Morgan fingerprint density at radius 3 is 2.33 bits per heavy atom. The molecule has 0 radical (unpaired) electrons. The number of imide groups is 1.